The van der Waals surface area contributed by atoms with Gasteiger partial charge in [-0.25, -0.2) is 4.98 Å². The summed E-state index contributed by atoms with van der Waals surface area (Å²) < 4.78 is 14.0. The van der Waals surface area contributed by atoms with Crippen molar-refractivity contribution in [3.63, 3.8) is 0 Å². The summed E-state index contributed by atoms with van der Waals surface area (Å²) in [6, 6.07) is 9.99. The molecule has 1 aromatic carbocycles. The number of nitrogens with two attached hydrogens (primary N) is 1. The molecular weight excluding hydrogens is 384 g/mol. The van der Waals surface area contributed by atoms with Crippen molar-refractivity contribution in [2.45, 2.75) is 45.3 Å². The standard InChI is InChI=1S/C21H28N6O3/c1-13(2)10-23-21-25-19-18(20(28)26-21)24-12-27(19)17-8-15(16(9-22)30-17)29-11-14-6-4-3-5-7-14/h3-7,12-13,15-17H,8-11,22H2,1-2H3,(H2,23,25,26,28)/t15-,16+,17+/m0/s1. The maximum Gasteiger partial charge on any atom is 0.280 e. The Morgan fingerprint density at radius 2 is 2.17 bits per heavy atom. The Balaban J connectivity index is 1.53. The molecule has 1 fully saturated rings. The van der Waals surface area contributed by atoms with Gasteiger partial charge in [0.05, 0.1) is 25.1 Å². The van der Waals surface area contributed by atoms with E-state index in [1.54, 1.807) is 10.9 Å². The number of fused-ring (bicyclic) bond motifs is 1. The molecule has 30 heavy (non-hydrogen) atoms. The fourth-order valence-electron chi connectivity index (χ4n) is 3.56. The van der Waals surface area contributed by atoms with Crippen LogP contribution in [0, 0.1) is 5.92 Å². The highest BCUT2D eigenvalue weighted by Crippen LogP contribution is 2.32. The molecule has 0 spiro atoms. The summed E-state index contributed by atoms with van der Waals surface area (Å²) in [5, 5.41) is 3.16. The van der Waals surface area contributed by atoms with Gasteiger partial charge in [0.1, 0.15) is 6.23 Å². The first-order valence-electron chi connectivity index (χ1n) is 10.3. The van der Waals surface area contributed by atoms with E-state index >= 15 is 0 Å². The molecule has 3 aromatic rings. The van der Waals surface area contributed by atoms with Crippen LogP contribution < -0.4 is 16.6 Å². The van der Waals surface area contributed by atoms with Crippen LogP contribution in [0.25, 0.3) is 11.2 Å². The molecule has 3 heterocycles. The van der Waals surface area contributed by atoms with Crippen molar-refractivity contribution < 1.29 is 9.47 Å². The number of rotatable bonds is 8. The summed E-state index contributed by atoms with van der Waals surface area (Å²) in [5.74, 6) is 0.843. The van der Waals surface area contributed by atoms with Crippen LogP contribution in [-0.2, 0) is 16.1 Å². The Bertz CT molecular complexity index is 1030. The van der Waals surface area contributed by atoms with Gasteiger partial charge in [-0.3, -0.25) is 14.3 Å². The van der Waals surface area contributed by atoms with Gasteiger partial charge in [-0.05, 0) is 11.5 Å². The molecule has 0 unspecified atom stereocenters. The molecule has 0 radical (unpaired) electrons. The van der Waals surface area contributed by atoms with E-state index in [1.807, 2.05) is 30.3 Å². The summed E-state index contributed by atoms with van der Waals surface area (Å²) in [7, 11) is 0. The van der Waals surface area contributed by atoms with Gasteiger partial charge in [0.25, 0.3) is 5.56 Å². The van der Waals surface area contributed by atoms with Gasteiger partial charge in [0, 0.05) is 19.5 Å². The number of hydrogen-bond donors (Lipinski definition) is 3. The molecular formula is C21H28N6O3. The SMILES string of the molecule is CC(C)CNc1nc2c(ncn2[C@H]2C[C@H](OCc3ccccc3)[C@@H](CN)O2)c(=O)[nH]1. The predicted octanol–water partition coefficient (Wildman–Crippen LogP) is 2.02. The fourth-order valence-corrected chi connectivity index (χ4v) is 3.56. The van der Waals surface area contributed by atoms with Crippen LogP contribution in [-0.4, -0.2) is 44.8 Å². The smallest absolute Gasteiger partial charge is 0.280 e. The van der Waals surface area contributed by atoms with Gasteiger partial charge in [-0.2, -0.15) is 4.98 Å². The molecule has 0 aliphatic carbocycles. The number of benzene rings is 1. The second-order valence-electron chi connectivity index (χ2n) is 7.95. The van der Waals surface area contributed by atoms with Crippen LogP contribution in [0.3, 0.4) is 0 Å². The Morgan fingerprint density at radius 3 is 2.90 bits per heavy atom. The summed E-state index contributed by atoms with van der Waals surface area (Å²) >= 11 is 0. The van der Waals surface area contributed by atoms with Crippen molar-refractivity contribution in [2.24, 2.45) is 11.7 Å². The minimum Gasteiger partial charge on any atom is -0.371 e. The number of hydrogen-bond acceptors (Lipinski definition) is 7. The first-order valence-corrected chi connectivity index (χ1v) is 10.3. The zero-order valence-corrected chi connectivity index (χ0v) is 17.2. The lowest BCUT2D eigenvalue weighted by Gasteiger charge is -2.17. The quantitative estimate of drug-likeness (QED) is 0.518. The lowest BCUT2D eigenvalue weighted by molar-refractivity contribution is -0.0367. The third-order valence-corrected chi connectivity index (χ3v) is 5.14. The third kappa shape index (κ3) is 4.38. The van der Waals surface area contributed by atoms with Gasteiger partial charge >= 0.3 is 0 Å². The first-order chi connectivity index (χ1) is 14.5. The van der Waals surface area contributed by atoms with Crippen molar-refractivity contribution in [3.8, 4) is 0 Å². The molecule has 1 aliphatic rings. The molecule has 9 heteroatoms. The molecule has 3 atom stereocenters. The second-order valence-corrected chi connectivity index (χ2v) is 7.95. The van der Waals surface area contributed by atoms with Crippen molar-refractivity contribution in [3.05, 3.63) is 52.6 Å². The summed E-state index contributed by atoms with van der Waals surface area (Å²) in [5.41, 5.74) is 7.51. The molecule has 0 bridgehead atoms. The zero-order valence-electron chi connectivity index (χ0n) is 17.2. The molecule has 0 amide bonds. The normalized spacial score (nSPS) is 21.5. The van der Waals surface area contributed by atoms with Gasteiger partial charge < -0.3 is 20.5 Å². The maximum atomic E-state index is 12.4. The van der Waals surface area contributed by atoms with E-state index in [9.17, 15) is 4.79 Å². The molecule has 2 aromatic heterocycles. The monoisotopic (exact) mass is 412 g/mol. The largest absolute Gasteiger partial charge is 0.371 e. The number of imidazole rings is 1. The lowest BCUT2D eigenvalue weighted by atomic mass is 10.1. The van der Waals surface area contributed by atoms with Gasteiger partial charge in [-0.15, -0.1) is 0 Å². The predicted molar refractivity (Wildman–Crippen MR) is 114 cm³/mol. The minimum absolute atomic E-state index is 0.154. The van der Waals surface area contributed by atoms with E-state index < -0.39 is 0 Å². The minimum atomic E-state index is -0.350. The average molecular weight is 412 g/mol. The summed E-state index contributed by atoms with van der Waals surface area (Å²) in [4.78, 5) is 24.0. The average Bonchev–Trinajstić information content (AvgIpc) is 3.35. The Morgan fingerprint density at radius 1 is 1.37 bits per heavy atom. The lowest BCUT2D eigenvalue weighted by Crippen LogP contribution is -2.31. The van der Waals surface area contributed by atoms with Crippen molar-refractivity contribution >= 4 is 17.1 Å². The fraction of sp³-hybridized carbons (Fsp3) is 0.476. The van der Waals surface area contributed by atoms with Crippen LogP contribution in [0.4, 0.5) is 5.95 Å². The van der Waals surface area contributed by atoms with Crippen LogP contribution in [0.1, 0.15) is 32.1 Å². The number of nitrogens with one attached hydrogen (secondary N) is 2. The molecule has 1 aliphatic heterocycles. The van der Waals surface area contributed by atoms with Gasteiger partial charge in [0.15, 0.2) is 11.2 Å². The van der Waals surface area contributed by atoms with E-state index in [4.69, 9.17) is 15.2 Å². The molecule has 4 rings (SSSR count). The van der Waals surface area contributed by atoms with Crippen LogP contribution in [0.2, 0.25) is 0 Å². The molecule has 1 saturated heterocycles. The maximum absolute atomic E-state index is 12.4. The van der Waals surface area contributed by atoms with E-state index in [2.05, 4.69) is 34.1 Å². The molecule has 0 saturated carbocycles. The van der Waals surface area contributed by atoms with Crippen molar-refractivity contribution in [2.75, 3.05) is 18.4 Å². The van der Waals surface area contributed by atoms with Crippen LogP contribution in [0.15, 0.2) is 41.5 Å². The van der Waals surface area contributed by atoms with Crippen LogP contribution >= 0.6 is 0 Å². The number of ether oxygens (including phenoxy) is 2. The Labute approximate surface area is 174 Å². The number of anilines is 1. The highest BCUT2D eigenvalue weighted by atomic mass is 16.6. The number of aromatic nitrogens is 4. The van der Waals surface area contributed by atoms with Crippen LogP contribution in [0.5, 0.6) is 0 Å². The Hall–Kier alpha value is -2.75. The van der Waals surface area contributed by atoms with E-state index in [0.717, 1.165) is 5.56 Å². The van der Waals surface area contributed by atoms with Gasteiger partial charge in [-0.1, -0.05) is 44.2 Å². The third-order valence-electron chi connectivity index (χ3n) is 5.14. The molecule has 4 N–H and O–H groups in total. The number of H-pyrrole nitrogens is 1. The van der Waals surface area contributed by atoms with E-state index in [-0.39, 0.29) is 29.5 Å². The van der Waals surface area contributed by atoms with E-state index in [1.165, 1.54) is 0 Å². The van der Waals surface area contributed by atoms with Gasteiger partial charge in [0.2, 0.25) is 5.95 Å². The molecule has 160 valence electrons. The molecule has 9 nitrogen and oxygen atoms in total. The second kappa shape index (κ2) is 8.95. The summed E-state index contributed by atoms with van der Waals surface area (Å²) in [6.07, 6.45) is 1.45. The highest BCUT2D eigenvalue weighted by Gasteiger charge is 2.37. The first kappa shape index (κ1) is 20.5. The Kier molecular flexibility index (Phi) is 6.12. The number of aromatic amines is 1. The summed E-state index contributed by atoms with van der Waals surface area (Å²) in [6.45, 7) is 5.71. The van der Waals surface area contributed by atoms with Crippen molar-refractivity contribution in [1.29, 1.82) is 0 Å². The zero-order chi connectivity index (χ0) is 21.1. The highest BCUT2D eigenvalue weighted by molar-refractivity contribution is 5.70. The number of nitrogens with zero attached hydrogens (tertiary/aromatic N) is 3. The van der Waals surface area contributed by atoms with Crippen molar-refractivity contribution in [1.82, 2.24) is 19.5 Å². The van der Waals surface area contributed by atoms with E-state index in [0.29, 0.717) is 43.6 Å². The topological polar surface area (TPSA) is 120 Å².